The number of ether oxygens (including phenoxy) is 1. The van der Waals surface area contributed by atoms with Gasteiger partial charge in [0.05, 0.1) is 4.47 Å². The average molecular weight is 335 g/mol. The van der Waals surface area contributed by atoms with Gasteiger partial charge in [-0.25, -0.2) is 0 Å². The second-order valence-electron chi connectivity index (χ2n) is 4.79. The minimum Gasteiger partial charge on any atom is -0.488 e. The van der Waals surface area contributed by atoms with Crippen molar-refractivity contribution in [3.05, 3.63) is 58.3 Å². The maximum Gasteiger partial charge on any atom is 0.134 e. The van der Waals surface area contributed by atoms with Crippen LogP contribution >= 0.6 is 15.9 Å². The second-order valence-corrected chi connectivity index (χ2v) is 5.64. The van der Waals surface area contributed by atoms with E-state index in [2.05, 4.69) is 40.0 Å². The molecule has 0 fully saturated rings. The van der Waals surface area contributed by atoms with Gasteiger partial charge in [-0.1, -0.05) is 19.1 Å². The van der Waals surface area contributed by atoms with Crippen LogP contribution in [0.4, 0.5) is 0 Å². The van der Waals surface area contributed by atoms with Crippen molar-refractivity contribution in [1.82, 2.24) is 4.98 Å². The molecule has 1 heterocycles. The number of hydrogen-bond donors (Lipinski definition) is 1. The number of hydrogen-bond acceptors (Lipinski definition) is 3. The lowest BCUT2D eigenvalue weighted by Gasteiger charge is -2.12. The van der Waals surface area contributed by atoms with Crippen molar-refractivity contribution in [1.29, 1.82) is 0 Å². The van der Waals surface area contributed by atoms with Crippen LogP contribution in [0.5, 0.6) is 5.75 Å². The lowest BCUT2D eigenvalue weighted by molar-refractivity contribution is 0.303. The van der Waals surface area contributed by atoms with Crippen molar-refractivity contribution in [2.45, 2.75) is 32.4 Å². The maximum absolute atomic E-state index is 5.97. The Labute approximate surface area is 128 Å². The van der Waals surface area contributed by atoms with Crippen molar-refractivity contribution >= 4 is 15.9 Å². The topological polar surface area (TPSA) is 48.1 Å². The normalized spacial score (nSPS) is 12.2. The van der Waals surface area contributed by atoms with Gasteiger partial charge in [-0.3, -0.25) is 4.98 Å². The maximum atomic E-state index is 5.97. The summed E-state index contributed by atoms with van der Waals surface area (Å²) in [6, 6.07) is 10.2. The average Bonchev–Trinajstić information content (AvgIpc) is 2.47. The molecule has 0 radical (unpaired) electrons. The van der Waals surface area contributed by atoms with E-state index >= 15 is 0 Å². The Morgan fingerprint density at radius 3 is 2.80 bits per heavy atom. The van der Waals surface area contributed by atoms with E-state index < -0.39 is 0 Å². The molecule has 0 spiro atoms. The van der Waals surface area contributed by atoms with Gasteiger partial charge in [-0.05, 0) is 52.5 Å². The van der Waals surface area contributed by atoms with Gasteiger partial charge in [0.1, 0.15) is 12.4 Å². The molecule has 1 aromatic carbocycles. The van der Waals surface area contributed by atoms with E-state index in [-0.39, 0.29) is 6.04 Å². The van der Waals surface area contributed by atoms with Crippen LogP contribution in [0.15, 0.2) is 47.2 Å². The minimum absolute atomic E-state index is 0.212. The van der Waals surface area contributed by atoms with E-state index in [0.29, 0.717) is 6.61 Å². The van der Waals surface area contributed by atoms with Crippen molar-refractivity contribution in [2.24, 2.45) is 5.73 Å². The Hall–Kier alpha value is -1.39. The lowest BCUT2D eigenvalue weighted by Crippen LogP contribution is -2.21. The molecule has 1 aromatic heterocycles. The van der Waals surface area contributed by atoms with E-state index in [1.54, 1.807) is 6.20 Å². The highest BCUT2D eigenvalue weighted by atomic mass is 79.9. The molecule has 20 heavy (non-hydrogen) atoms. The largest absolute Gasteiger partial charge is 0.488 e. The van der Waals surface area contributed by atoms with Crippen LogP contribution in [0, 0.1) is 0 Å². The third-order valence-electron chi connectivity index (χ3n) is 3.14. The highest BCUT2D eigenvalue weighted by molar-refractivity contribution is 9.10. The molecule has 0 amide bonds. The van der Waals surface area contributed by atoms with Gasteiger partial charge >= 0.3 is 0 Å². The third kappa shape index (κ3) is 4.32. The molecular weight excluding hydrogens is 316 g/mol. The van der Waals surface area contributed by atoms with Crippen molar-refractivity contribution in [3.63, 3.8) is 0 Å². The minimum atomic E-state index is 0.212. The molecule has 0 saturated carbocycles. The fourth-order valence-corrected chi connectivity index (χ4v) is 2.42. The van der Waals surface area contributed by atoms with Gasteiger partial charge in [-0.15, -0.1) is 0 Å². The second kappa shape index (κ2) is 7.41. The highest BCUT2D eigenvalue weighted by Gasteiger charge is 2.06. The van der Waals surface area contributed by atoms with E-state index in [1.165, 1.54) is 5.56 Å². The number of halogens is 1. The summed E-state index contributed by atoms with van der Waals surface area (Å²) in [6.07, 6.45) is 5.43. The Morgan fingerprint density at radius 2 is 2.15 bits per heavy atom. The number of nitrogens with two attached hydrogens (primary N) is 1. The van der Waals surface area contributed by atoms with Crippen molar-refractivity contribution in [2.75, 3.05) is 0 Å². The summed E-state index contributed by atoms with van der Waals surface area (Å²) in [5.41, 5.74) is 8.25. The summed E-state index contributed by atoms with van der Waals surface area (Å²) >= 11 is 3.55. The molecule has 0 aliphatic heterocycles. The first-order valence-electron chi connectivity index (χ1n) is 6.74. The zero-order valence-corrected chi connectivity index (χ0v) is 13.1. The zero-order chi connectivity index (χ0) is 14.4. The van der Waals surface area contributed by atoms with Crippen LogP contribution in [0.1, 0.15) is 24.5 Å². The van der Waals surface area contributed by atoms with Crippen molar-refractivity contribution in [3.8, 4) is 5.75 Å². The van der Waals surface area contributed by atoms with E-state index in [1.807, 2.05) is 24.4 Å². The molecule has 0 aliphatic rings. The molecule has 1 unspecified atom stereocenters. The predicted octanol–water partition coefficient (Wildman–Crippen LogP) is 3.70. The molecule has 0 aliphatic carbocycles. The molecule has 1 atom stereocenters. The smallest absolute Gasteiger partial charge is 0.134 e. The van der Waals surface area contributed by atoms with Gasteiger partial charge < -0.3 is 10.5 Å². The molecular formula is C16H19BrN2O. The summed E-state index contributed by atoms with van der Waals surface area (Å²) < 4.78 is 6.75. The molecule has 2 rings (SSSR count). The first-order chi connectivity index (χ1) is 9.69. The molecule has 3 nitrogen and oxygen atoms in total. The van der Waals surface area contributed by atoms with E-state index in [0.717, 1.165) is 28.6 Å². The lowest BCUT2D eigenvalue weighted by atomic mass is 10.0. The summed E-state index contributed by atoms with van der Waals surface area (Å²) in [4.78, 5) is 4.07. The van der Waals surface area contributed by atoms with Crippen LogP contribution in [0.3, 0.4) is 0 Å². The third-order valence-corrected chi connectivity index (χ3v) is 3.76. The number of nitrogens with zero attached hydrogens (tertiary/aromatic N) is 1. The molecule has 0 saturated heterocycles. The highest BCUT2D eigenvalue weighted by Crippen LogP contribution is 2.27. The number of aromatic nitrogens is 1. The molecule has 106 valence electrons. The Kier molecular flexibility index (Phi) is 5.56. The van der Waals surface area contributed by atoms with Crippen LogP contribution in [-0.4, -0.2) is 11.0 Å². The van der Waals surface area contributed by atoms with Gasteiger partial charge in [0.15, 0.2) is 0 Å². The van der Waals surface area contributed by atoms with Gasteiger partial charge in [0, 0.05) is 24.0 Å². The number of pyridine rings is 1. The van der Waals surface area contributed by atoms with Crippen LogP contribution in [-0.2, 0) is 13.0 Å². The zero-order valence-electron chi connectivity index (χ0n) is 11.6. The van der Waals surface area contributed by atoms with E-state index in [4.69, 9.17) is 10.5 Å². The molecule has 2 aromatic rings. The Balaban J connectivity index is 1.99. The first kappa shape index (κ1) is 15.0. The van der Waals surface area contributed by atoms with Crippen LogP contribution in [0.2, 0.25) is 0 Å². The summed E-state index contributed by atoms with van der Waals surface area (Å²) in [5, 5.41) is 0. The SMILES string of the molecule is CCC(N)Cc1ccc(OCc2cccnc2)c(Br)c1. The summed E-state index contributed by atoms with van der Waals surface area (Å²) in [6.45, 7) is 2.62. The Bertz CT molecular complexity index is 545. The quantitative estimate of drug-likeness (QED) is 0.876. The number of rotatable bonds is 6. The predicted molar refractivity (Wildman–Crippen MR) is 84.7 cm³/mol. The van der Waals surface area contributed by atoms with E-state index in [9.17, 15) is 0 Å². The fraction of sp³-hybridized carbons (Fsp3) is 0.312. The van der Waals surface area contributed by atoms with Crippen LogP contribution < -0.4 is 10.5 Å². The van der Waals surface area contributed by atoms with Crippen LogP contribution in [0.25, 0.3) is 0 Å². The standard InChI is InChI=1S/C16H19BrN2O/c1-2-14(18)8-12-5-6-16(15(17)9-12)20-11-13-4-3-7-19-10-13/h3-7,9-10,14H,2,8,11,18H2,1H3. The molecule has 4 heteroatoms. The number of benzene rings is 1. The molecule has 2 N–H and O–H groups in total. The van der Waals surface area contributed by atoms with Gasteiger partial charge in [0.25, 0.3) is 0 Å². The monoisotopic (exact) mass is 334 g/mol. The molecule has 0 bridgehead atoms. The van der Waals surface area contributed by atoms with Gasteiger partial charge in [0.2, 0.25) is 0 Å². The Morgan fingerprint density at radius 1 is 1.30 bits per heavy atom. The van der Waals surface area contributed by atoms with Crippen molar-refractivity contribution < 1.29 is 4.74 Å². The first-order valence-corrected chi connectivity index (χ1v) is 7.54. The summed E-state index contributed by atoms with van der Waals surface area (Å²) in [7, 11) is 0. The summed E-state index contributed by atoms with van der Waals surface area (Å²) in [5.74, 6) is 0.836. The van der Waals surface area contributed by atoms with Gasteiger partial charge in [-0.2, -0.15) is 0 Å². The fourth-order valence-electron chi connectivity index (χ4n) is 1.88.